The zero-order valence-corrected chi connectivity index (χ0v) is 35.1. The van der Waals surface area contributed by atoms with Crippen LogP contribution in [0.2, 0.25) is 0 Å². The Labute approximate surface area is 349 Å². The summed E-state index contributed by atoms with van der Waals surface area (Å²) in [6, 6.07) is 9.38. The summed E-state index contributed by atoms with van der Waals surface area (Å²) >= 11 is 0. The normalized spacial score (nSPS) is 16.7. The molecular weight excluding hydrogens is 761 g/mol. The first-order valence-corrected chi connectivity index (χ1v) is 20.2. The summed E-state index contributed by atoms with van der Waals surface area (Å²) in [6.45, 7) is 15.7. The van der Waals surface area contributed by atoms with Crippen molar-refractivity contribution in [2.75, 3.05) is 6.61 Å². The van der Waals surface area contributed by atoms with E-state index in [9.17, 15) is 25.5 Å². The molecule has 0 saturated heterocycles. The van der Waals surface area contributed by atoms with Gasteiger partial charge in [-0.1, -0.05) is 34.9 Å². The van der Waals surface area contributed by atoms with E-state index in [0.717, 1.165) is 27.8 Å². The van der Waals surface area contributed by atoms with Gasteiger partial charge in [-0.2, -0.15) is 0 Å². The average molecular weight is 811 g/mol. The van der Waals surface area contributed by atoms with Crippen LogP contribution in [-0.4, -0.2) is 43.5 Å². The number of phenolic OH excluding ortho intramolecular Hbond substituents is 5. The van der Waals surface area contributed by atoms with E-state index in [1.165, 1.54) is 12.1 Å². The van der Waals surface area contributed by atoms with Gasteiger partial charge in [0.05, 0.1) is 34.8 Å². The molecule has 5 N–H and O–H groups in total. The fraction of sp³-hybridized carbons (Fsp3) is 0.300. The first-order chi connectivity index (χ1) is 28.4. The van der Waals surface area contributed by atoms with Crippen molar-refractivity contribution >= 4 is 22.8 Å². The second kappa shape index (κ2) is 14.9. The Kier molecular flexibility index (Phi) is 10.0. The van der Waals surface area contributed by atoms with E-state index >= 15 is 4.79 Å². The van der Waals surface area contributed by atoms with Crippen molar-refractivity contribution in [1.29, 1.82) is 0 Å². The van der Waals surface area contributed by atoms with Crippen LogP contribution >= 0.6 is 0 Å². The molecule has 2 atom stereocenters. The van der Waals surface area contributed by atoms with E-state index in [2.05, 4.69) is 0 Å². The Morgan fingerprint density at radius 3 is 2.08 bits per heavy atom. The van der Waals surface area contributed by atoms with Crippen LogP contribution in [0.3, 0.4) is 0 Å². The number of hydrogen-bond acceptors (Lipinski definition) is 10. The number of rotatable bonds is 9. The van der Waals surface area contributed by atoms with Crippen LogP contribution in [0.4, 0.5) is 0 Å². The third-order valence-corrected chi connectivity index (χ3v) is 11.4. The van der Waals surface area contributed by atoms with Gasteiger partial charge in [-0.3, -0.25) is 4.79 Å². The molecule has 4 aromatic carbocycles. The van der Waals surface area contributed by atoms with Crippen LogP contribution < -0.4 is 14.2 Å². The van der Waals surface area contributed by atoms with Gasteiger partial charge in [-0.25, -0.2) is 0 Å². The highest BCUT2D eigenvalue weighted by Gasteiger charge is 2.44. The third-order valence-electron chi connectivity index (χ3n) is 11.4. The maximum absolute atomic E-state index is 15.4. The lowest BCUT2D eigenvalue weighted by atomic mass is 9.85. The van der Waals surface area contributed by atoms with Crippen LogP contribution in [0.5, 0.6) is 46.0 Å². The van der Waals surface area contributed by atoms with Crippen LogP contribution in [0, 0.1) is 0 Å². The maximum Gasteiger partial charge on any atom is 0.201 e. The minimum absolute atomic E-state index is 0.0148. The molecule has 0 bridgehead atoms. The summed E-state index contributed by atoms with van der Waals surface area (Å²) < 4.78 is 25.8. The molecule has 10 heteroatoms. The SMILES string of the molecule is CC(C)=CCc1cc(-c2oc3c4c(c(O)cc3c2C(=O)c2cc3c(c(CC=C(C)C)c2O)O[C@H]2c5cc(CC=C(C)C)c(O)cc5OC[C@@H]32)OC(C)(C)C=C4)c(O)cc1O. The molecule has 4 heterocycles. The van der Waals surface area contributed by atoms with Gasteiger partial charge >= 0.3 is 0 Å². The molecule has 1 aromatic heterocycles. The number of benzene rings is 4. The zero-order valence-electron chi connectivity index (χ0n) is 35.1. The Bertz CT molecular complexity index is 2740. The molecule has 310 valence electrons. The summed E-state index contributed by atoms with van der Waals surface area (Å²) in [5.41, 5.74) is 6.17. The van der Waals surface area contributed by atoms with Gasteiger partial charge in [0.1, 0.15) is 57.5 Å². The molecule has 8 rings (SSSR count). The van der Waals surface area contributed by atoms with E-state index in [1.54, 1.807) is 24.3 Å². The molecule has 10 nitrogen and oxygen atoms in total. The van der Waals surface area contributed by atoms with Crippen molar-refractivity contribution in [1.82, 2.24) is 0 Å². The smallest absolute Gasteiger partial charge is 0.201 e. The quantitative estimate of drug-likeness (QED) is 0.0716. The van der Waals surface area contributed by atoms with E-state index in [1.807, 2.05) is 85.8 Å². The molecule has 0 unspecified atom stereocenters. The highest BCUT2D eigenvalue weighted by Crippen LogP contribution is 2.56. The van der Waals surface area contributed by atoms with Gasteiger partial charge in [0.15, 0.2) is 11.5 Å². The van der Waals surface area contributed by atoms with Gasteiger partial charge < -0.3 is 44.2 Å². The van der Waals surface area contributed by atoms with Crippen molar-refractivity contribution in [2.45, 2.75) is 92.3 Å². The predicted molar refractivity (Wildman–Crippen MR) is 231 cm³/mol. The van der Waals surface area contributed by atoms with Crippen LogP contribution in [0.25, 0.3) is 28.4 Å². The van der Waals surface area contributed by atoms with Crippen molar-refractivity contribution in [2.24, 2.45) is 0 Å². The summed E-state index contributed by atoms with van der Waals surface area (Å²) in [5.74, 6) is -0.712. The highest BCUT2D eigenvalue weighted by atomic mass is 16.5. The number of hydrogen-bond donors (Lipinski definition) is 5. The van der Waals surface area contributed by atoms with Gasteiger partial charge in [0.2, 0.25) is 5.78 Å². The molecule has 0 spiro atoms. The topological polar surface area (TPSA) is 159 Å². The van der Waals surface area contributed by atoms with E-state index in [0.29, 0.717) is 46.6 Å². The van der Waals surface area contributed by atoms with Crippen LogP contribution in [0.1, 0.15) is 117 Å². The fourth-order valence-corrected chi connectivity index (χ4v) is 8.18. The van der Waals surface area contributed by atoms with Crippen molar-refractivity contribution in [3.05, 3.63) is 122 Å². The molecular formula is C50H50O10. The first kappa shape index (κ1) is 40.2. The van der Waals surface area contributed by atoms with Crippen molar-refractivity contribution < 1.29 is 49.0 Å². The second-order valence-electron chi connectivity index (χ2n) is 17.3. The summed E-state index contributed by atoms with van der Waals surface area (Å²) in [4.78, 5) is 15.4. The van der Waals surface area contributed by atoms with Gasteiger partial charge in [0.25, 0.3) is 0 Å². The zero-order chi connectivity index (χ0) is 42.9. The van der Waals surface area contributed by atoms with Crippen molar-refractivity contribution in [3.63, 3.8) is 0 Å². The van der Waals surface area contributed by atoms with E-state index < -0.39 is 17.5 Å². The lowest BCUT2D eigenvalue weighted by Gasteiger charge is -2.28. The summed E-state index contributed by atoms with van der Waals surface area (Å²) in [5, 5.41) is 57.1. The van der Waals surface area contributed by atoms with Gasteiger partial charge in [-0.05, 0) is 122 Å². The molecule has 3 aliphatic rings. The number of furan rings is 1. The van der Waals surface area contributed by atoms with Crippen LogP contribution in [0.15, 0.2) is 81.8 Å². The van der Waals surface area contributed by atoms with Crippen LogP contribution in [-0.2, 0) is 19.3 Å². The molecule has 0 amide bonds. The fourth-order valence-electron chi connectivity index (χ4n) is 8.18. The number of aromatic hydroxyl groups is 5. The highest BCUT2D eigenvalue weighted by molar-refractivity contribution is 6.22. The molecule has 0 aliphatic carbocycles. The Morgan fingerprint density at radius 1 is 0.750 bits per heavy atom. The molecule has 0 fully saturated rings. The van der Waals surface area contributed by atoms with Gasteiger partial charge in [0, 0.05) is 34.2 Å². The Morgan fingerprint density at radius 2 is 1.40 bits per heavy atom. The number of phenols is 5. The third kappa shape index (κ3) is 7.03. The minimum Gasteiger partial charge on any atom is -0.508 e. The Hall–Kier alpha value is -6.55. The maximum atomic E-state index is 15.4. The number of fused-ring (bicyclic) bond motifs is 8. The number of ether oxygens (including phenoxy) is 3. The molecule has 5 aromatic rings. The summed E-state index contributed by atoms with van der Waals surface area (Å²) in [7, 11) is 0. The minimum atomic E-state index is -0.740. The monoisotopic (exact) mass is 810 g/mol. The van der Waals surface area contributed by atoms with Gasteiger partial charge in [-0.15, -0.1) is 0 Å². The number of ketones is 1. The molecule has 0 radical (unpaired) electrons. The Balaban J connectivity index is 1.34. The second-order valence-corrected chi connectivity index (χ2v) is 17.3. The lowest BCUT2D eigenvalue weighted by molar-refractivity contribution is 0.103. The molecule has 0 saturated carbocycles. The lowest BCUT2D eigenvalue weighted by Crippen LogP contribution is -2.27. The molecule has 3 aliphatic heterocycles. The predicted octanol–water partition coefficient (Wildman–Crippen LogP) is 11.2. The number of carbonyl (C=O) groups excluding carboxylic acids is 1. The number of allylic oxidation sites excluding steroid dienone is 6. The largest absolute Gasteiger partial charge is 0.508 e. The first-order valence-electron chi connectivity index (χ1n) is 20.2. The van der Waals surface area contributed by atoms with Crippen molar-refractivity contribution in [3.8, 4) is 57.3 Å². The standard InChI is InChI=1S/C50H50O10/c1-24(2)9-12-27-17-32(39(53)21-37(27)51)49-42(34-20-40(54)48-30(46(34)59-49)15-16-50(7,8)60-48)44(56)35-19-31-36-23-57-41-22-38(52)28(13-10-25(3)4)18-33(41)47(36)58-45(31)29(43(35)55)14-11-26(5)6/h9-11,15-22,36,47,51-55H,12-14,23H2,1-8H3/t36-,47-/m0/s1. The summed E-state index contributed by atoms with van der Waals surface area (Å²) in [6.07, 6.45) is 10.1. The molecule has 60 heavy (non-hydrogen) atoms. The number of carbonyl (C=O) groups is 1. The van der Waals surface area contributed by atoms with E-state index in [-0.39, 0.29) is 86.9 Å². The van der Waals surface area contributed by atoms with E-state index in [4.69, 9.17) is 18.6 Å². The average Bonchev–Trinajstić information content (AvgIpc) is 3.74.